The lowest BCUT2D eigenvalue weighted by atomic mass is 9.74. The largest absolute Gasteiger partial charge is 0.465 e. The molecule has 1 fully saturated rings. The van der Waals surface area contributed by atoms with Crippen LogP contribution >= 0.6 is 0 Å². The zero-order chi connectivity index (χ0) is 14.4. The van der Waals surface area contributed by atoms with E-state index in [2.05, 4.69) is 0 Å². The van der Waals surface area contributed by atoms with E-state index in [0.29, 0.717) is 25.9 Å². The maximum atomic E-state index is 12.6. The van der Waals surface area contributed by atoms with Crippen molar-refractivity contribution in [3.63, 3.8) is 0 Å². The first-order valence-corrected chi connectivity index (χ1v) is 7.43. The van der Waals surface area contributed by atoms with Crippen LogP contribution in [0.5, 0.6) is 0 Å². The molecule has 1 aliphatic carbocycles. The number of hydrogen-bond donors (Lipinski definition) is 0. The van der Waals surface area contributed by atoms with Crippen molar-refractivity contribution in [2.45, 2.75) is 45.4 Å². The SMILES string of the molecule is CCOC(=O)[C@@]1(Cc2ccccc2)CCCCCC1=O. The summed E-state index contributed by atoms with van der Waals surface area (Å²) in [7, 11) is 0. The van der Waals surface area contributed by atoms with Gasteiger partial charge >= 0.3 is 5.97 Å². The topological polar surface area (TPSA) is 43.4 Å². The van der Waals surface area contributed by atoms with Crippen molar-refractivity contribution in [1.82, 2.24) is 0 Å². The molecule has 0 spiro atoms. The summed E-state index contributed by atoms with van der Waals surface area (Å²) in [6.07, 6.45) is 4.38. The first-order valence-electron chi connectivity index (χ1n) is 7.43. The Morgan fingerprint density at radius 3 is 2.65 bits per heavy atom. The number of ether oxygens (including phenoxy) is 1. The summed E-state index contributed by atoms with van der Waals surface area (Å²) in [5, 5.41) is 0. The molecular formula is C17H22O3. The molecule has 0 N–H and O–H groups in total. The number of Topliss-reactive ketones (excluding diaryl/α,β-unsaturated/α-hetero) is 1. The number of benzene rings is 1. The molecule has 2 rings (SSSR count). The van der Waals surface area contributed by atoms with Crippen molar-refractivity contribution in [2.75, 3.05) is 6.61 Å². The van der Waals surface area contributed by atoms with E-state index in [1.165, 1.54) is 0 Å². The zero-order valence-corrected chi connectivity index (χ0v) is 12.1. The highest BCUT2D eigenvalue weighted by atomic mass is 16.5. The van der Waals surface area contributed by atoms with Gasteiger partial charge in [0.15, 0.2) is 5.78 Å². The van der Waals surface area contributed by atoms with Gasteiger partial charge in [0, 0.05) is 6.42 Å². The summed E-state index contributed by atoms with van der Waals surface area (Å²) in [4.78, 5) is 25.0. The summed E-state index contributed by atoms with van der Waals surface area (Å²) >= 11 is 0. The minimum absolute atomic E-state index is 0.0531. The van der Waals surface area contributed by atoms with Crippen molar-refractivity contribution < 1.29 is 14.3 Å². The fourth-order valence-corrected chi connectivity index (χ4v) is 2.96. The summed E-state index contributed by atoms with van der Waals surface area (Å²) in [5.74, 6) is -0.284. The van der Waals surface area contributed by atoms with Crippen LogP contribution in [-0.4, -0.2) is 18.4 Å². The third-order valence-corrected chi connectivity index (χ3v) is 4.06. The van der Waals surface area contributed by atoms with Crippen LogP contribution in [0.1, 0.15) is 44.6 Å². The van der Waals surface area contributed by atoms with Gasteiger partial charge in [-0.3, -0.25) is 9.59 Å². The van der Waals surface area contributed by atoms with Crippen LogP contribution in [-0.2, 0) is 20.7 Å². The van der Waals surface area contributed by atoms with E-state index in [0.717, 1.165) is 24.8 Å². The number of ketones is 1. The maximum absolute atomic E-state index is 12.6. The Hall–Kier alpha value is -1.64. The van der Waals surface area contributed by atoms with Gasteiger partial charge in [-0.25, -0.2) is 0 Å². The normalized spacial score (nSPS) is 23.1. The zero-order valence-electron chi connectivity index (χ0n) is 12.1. The molecular weight excluding hydrogens is 252 g/mol. The van der Waals surface area contributed by atoms with Crippen LogP contribution in [0.25, 0.3) is 0 Å². The highest BCUT2D eigenvalue weighted by molar-refractivity contribution is 6.04. The number of rotatable bonds is 4. The lowest BCUT2D eigenvalue weighted by Crippen LogP contribution is -2.42. The number of carbonyl (C=O) groups is 2. The molecule has 3 nitrogen and oxygen atoms in total. The van der Waals surface area contributed by atoms with Gasteiger partial charge in [-0.1, -0.05) is 43.2 Å². The molecule has 0 aliphatic heterocycles. The maximum Gasteiger partial charge on any atom is 0.319 e. The van der Waals surface area contributed by atoms with Gasteiger partial charge in [0.05, 0.1) is 6.61 Å². The molecule has 0 bridgehead atoms. The average Bonchev–Trinajstić information content (AvgIpc) is 2.64. The van der Waals surface area contributed by atoms with E-state index < -0.39 is 5.41 Å². The molecule has 0 heterocycles. The predicted molar refractivity (Wildman–Crippen MR) is 77.3 cm³/mol. The van der Waals surface area contributed by atoms with Gasteiger partial charge in [-0.2, -0.15) is 0 Å². The Morgan fingerprint density at radius 1 is 1.20 bits per heavy atom. The summed E-state index contributed by atoms with van der Waals surface area (Å²) in [6.45, 7) is 2.11. The molecule has 0 saturated heterocycles. The van der Waals surface area contributed by atoms with E-state index in [1.807, 2.05) is 30.3 Å². The van der Waals surface area contributed by atoms with Gasteiger partial charge < -0.3 is 4.74 Å². The molecule has 0 radical (unpaired) electrons. The van der Waals surface area contributed by atoms with Crippen LogP contribution in [0.3, 0.4) is 0 Å². The monoisotopic (exact) mass is 274 g/mol. The Kier molecular flexibility index (Phi) is 4.94. The molecule has 3 heteroatoms. The van der Waals surface area contributed by atoms with Crippen molar-refractivity contribution in [2.24, 2.45) is 5.41 Å². The molecule has 108 valence electrons. The molecule has 20 heavy (non-hydrogen) atoms. The molecule has 1 aliphatic rings. The predicted octanol–water partition coefficient (Wildman–Crippen LogP) is 3.31. The standard InChI is InChI=1S/C17H22O3/c1-2-20-16(19)17(12-8-4-7-11-15(17)18)13-14-9-5-3-6-10-14/h3,5-6,9-10H,2,4,7-8,11-13H2,1H3/t17-/m1/s1. The Balaban J connectivity index is 2.32. The van der Waals surface area contributed by atoms with Crippen LogP contribution in [0, 0.1) is 5.41 Å². The first-order chi connectivity index (χ1) is 9.69. The average molecular weight is 274 g/mol. The third kappa shape index (κ3) is 3.09. The summed E-state index contributed by atoms with van der Waals surface area (Å²) in [6, 6.07) is 9.76. The van der Waals surface area contributed by atoms with Gasteiger partial charge in [0.2, 0.25) is 0 Å². The number of hydrogen-bond acceptors (Lipinski definition) is 3. The number of esters is 1. The highest BCUT2D eigenvalue weighted by Crippen LogP contribution is 2.37. The highest BCUT2D eigenvalue weighted by Gasteiger charge is 2.46. The molecule has 1 saturated carbocycles. The minimum Gasteiger partial charge on any atom is -0.465 e. The van der Waals surface area contributed by atoms with Crippen molar-refractivity contribution in [3.8, 4) is 0 Å². The van der Waals surface area contributed by atoms with Crippen molar-refractivity contribution in [1.29, 1.82) is 0 Å². The quantitative estimate of drug-likeness (QED) is 0.480. The van der Waals surface area contributed by atoms with Crippen molar-refractivity contribution >= 4 is 11.8 Å². The van der Waals surface area contributed by atoms with Gasteiger partial charge in [-0.05, 0) is 31.7 Å². The van der Waals surface area contributed by atoms with Crippen molar-refractivity contribution in [3.05, 3.63) is 35.9 Å². The second kappa shape index (κ2) is 6.69. The fourth-order valence-electron chi connectivity index (χ4n) is 2.96. The third-order valence-electron chi connectivity index (χ3n) is 4.06. The Bertz CT molecular complexity index is 466. The van der Waals surface area contributed by atoms with E-state index in [9.17, 15) is 9.59 Å². The Morgan fingerprint density at radius 2 is 1.95 bits per heavy atom. The molecule has 0 unspecified atom stereocenters. The fraction of sp³-hybridized carbons (Fsp3) is 0.529. The summed E-state index contributed by atoms with van der Waals surface area (Å²) in [5.41, 5.74) is 0.0595. The van der Waals surface area contributed by atoms with E-state index >= 15 is 0 Å². The van der Waals surface area contributed by atoms with Crippen LogP contribution in [0.15, 0.2) is 30.3 Å². The minimum atomic E-state index is -0.964. The second-order valence-corrected chi connectivity index (χ2v) is 5.45. The van der Waals surface area contributed by atoms with E-state index in [4.69, 9.17) is 4.74 Å². The van der Waals surface area contributed by atoms with E-state index in [-0.39, 0.29) is 11.8 Å². The second-order valence-electron chi connectivity index (χ2n) is 5.45. The van der Waals surface area contributed by atoms with Crippen LogP contribution < -0.4 is 0 Å². The lowest BCUT2D eigenvalue weighted by Gasteiger charge is -2.28. The molecule has 1 aromatic carbocycles. The molecule has 1 aromatic rings. The smallest absolute Gasteiger partial charge is 0.319 e. The molecule has 0 amide bonds. The van der Waals surface area contributed by atoms with E-state index in [1.54, 1.807) is 6.92 Å². The number of carbonyl (C=O) groups excluding carboxylic acids is 2. The molecule has 1 atom stereocenters. The van der Waals surface area contributed by atoms with Gasteiger partial charge in [-0.15, -0.1) is 0 Å². The van der Waals surface area contributed by atoms with Gasteiger partial charge in [0.25, 0.3) is 0 Å². The first kappa shape index (κ1) is 14.8. The van der Waals surface area contributed by atoms with Crippen LogP contribution in [0.4, 0.5) is 0 Å². The Labute approximate surface area is 120 Å². The van der Waals surface area contributed by atoms with Crippen LogP contribution in [0.2, 0.25) is 0 Å². The van der Waals surface area contributed by atoms with Gasteiger partial charge in [0.1, 0.15) is 5.41 Å². The molecule has 0 aromatic heterocycles. The lowest BCUT2D eigenvalue weighted by molar-refractivity contribution is -0.160. The summed E-state index contributed by atoms with van der Waals surface area (Å²) < 4.78 is 5.22.